The summed E-state index contributed by atoms with van der Waals surface area (Å²) in [6.07, 6.45) is 3.98. The molecule has 3 N–H and O–H groups in total. The van der Waals surface area contributed by atoms with Gasteiger partial charge >= 0.3 is 0 Å². The molecule has 5 nitrogen and oxygen atoms in total. The minimum absolute atomic E-state index is 0.0134. The van der Waals surface area contributed by atoms with E-state index in [1.54, 1.807) is 35.6 Å². The van der Waals surface area contributed by atoms with Crippen LogP contribution in [0.2, 0.25) is 0 Å². The van der Waals surface area contributed by atoms with Crippen LogP contribution in [-0.4, -0.2) is 16.8 Å². The number of para-hydroxylation sites is 1. The van der Waals surface area contributed by atoms with Crippen molar-refractivity contribution in [3.05, 3.63) is 59.1 Å². The second kappa shape index (κ2) is 7.48. The summed E-state index contributed by atoms with van der Waals surface area (Å²) in [6.45, 7) is 0. The molecular weight excluding hydrogens is 358 g/mol. The maximum atomic E-state index is 13.0. The molecule has 6 heteroatoms. The van der Waals surface area contributed by atoms with Gasteiger partial charge in [0.15, 0.2) is 0 Å². The summed E-state index contributed by atoms with van der Waals surface area (Å²) in [6, 6.07) is 14.9. The number of carbonyl (C=O) groups excluding carboxylic acids is 2. The molecule has 1 aliphatic carbocycles. The number of fused-ring (bicyclic) bond motifs is 1. The number of aromatic nitrogens is 1. The highest BCUT2D eigenvalue weighted by atomic mass is 32.1. The Balaban J connectivity index is 1.57. The van der Waals surface area contributed by atoms with Crippen molar-refractivity contribution in [2.45, 2.75) is 31.6 Å². The lowest BCUT2D eigenvalue weighted by Gasteiger charge is -2.29. The standard InChI is InChI=1S/C21H21N3O2S/c22-19(25)13-6-5-7-14(12-13)23-20(26)15-8-1-2-9-16(15)21-24-17-10-3-4-11-18(17)27-21/h3-7,10-12,15-16H,1-2,8-9H2,(H2,22,25)(H,23,26)/t15-,16+/m1/s1. The molecule has 1 aromatic heterocycles. The van der Waals surface area contributed by atoms with Crippen LogP contribution in [0.4, 0.5) is 5.69 Å². The molecule has 0 saturated heterocycles. The van der Waals surface area contributed by atoms with Crippen LogP contribution in [-0.2, 0) is 4.79 Å². The molecule has 2 amide bonds. The molecule has 0 spiro atoms. The summed E-state index contributed by atoms with van der Waals surface area (Å²) in [5, 5.41) is 4.01. The van der Waals surface area contributed by atoms with E-state index in [0.29, 0.717) is 11.3 Å². The number of benzene rings is 2. The van der Waals surface area contributed by atoms with Crippen LogP contribution in [0.15, 0.2) is 48.5 Å². The van der Waals surface area contributed by atoms with Gasteiger partial charge in [-0.15, -0.1) is 11.3 Å². The van der Waals surface area contributed by atoms with Gasteiger partial charge in [-0.3, -0.25) is 9.59 Å². The molecule has 1 saturated carbocycles. The normalized spacial score (nSPS) is 19.7. The Morgan fingerprint density at radius 3 is 2.70 bits per heavy atom. The fourth-order valence-corrected chi connectivity index (χ4v) is 4.94. The number of rotatable bonds is 4. The van der Waals surface area contributed by atoms with E-state index < -0.39 is 5.91 Å². The van der Waals surface area contributed by atoms with E-state index in [9.17, 15) is 9.59 Å². The number of nitrogens with two attached hydrogens (primary N) is 1. The van der Waals surface area contributed by atoms with Gasteiger partial charge in [0, 0.05) is 23.1 Å². The lowest BCUT2D eigenvalue weighted by Crippen LogP contribution is -2.30. The van der Waals surface area contributed by atoms with Crippen molar-refractivity contribution in [3.8, 4) is 0 Å². The minimum atomic E-state index is -0.504. The maximum Gasteiger partial charge on any atom is 0.248 e. The number of hydrogen-bond acceptors (Lipinski definition) is 4. The topological polar surface area (TPSA) is 85.1 Å². The summed E-state index contributed by atoms with van der Waals surface area (Å²) < 4.78 is 1.16. The predicted molar refractivity (Wildman–Crippen MR) is 108 cm³/mol. The summed E-state index contributed by atoms with van der Waals surface area (Å²) in [5.41, 5.74) is 7.32. The van der Waals surface area contributed by atoms with Crippen molar-refractivity contribution in [1.82, 2.24) is 4.98 Å². The van der Waals surface area contributed by atoms with Gasteiger partial charge in [-0.05, 0) is 43.2 Å². The Labute approximate surface area is 161 Å². The van der Waals surface area contributed by atoms with Crippen LogP contribution in [0.1, 0.15) is 47.0 Å². The highest BCUT2D eigenvalue weighted by Gasteiger charge is 2.34. The van der Waals surface area contributed by atoms with E-state index in [0.717, 1.165) is 40.9 Å². The van der Waals surface area contributed by atoms with Gasteiger partial charge in [-0.25, -0.2) is 4.98 Å². The highest BCUT2D eigenvalue weighted by Crippen LogP contribution is 2.41. The quantitative estimate of drug-likeness (QED) is 0.708. The van der Waals surface area contributed by atoms with Crippen LogP contribution in [0, 0.1) is 5.92 Å². The number of nitrogens with one attached hydrogen (secondary N) is 1. The Hall–Kier alpha value is -2.73. The SMILES string of the molecule is NC(=O)c1cccc(NC(=O)[C@@H]2CCCC[C@@H]2c2nc3ccccc3s2)c1. The average Bonchev–Trinajstić information content (AvgIpc) is 3.12. The third kappa shape index (κ3) is 3.71. The molecule has 1 heterocycles. The number of primary amides is 1. The van der Waals surface area contributed by atoms with Crippen molar-refractivity contribution >= 4 is 39.1 Å². The molecule has 0 bridgehead atoms. The zero-order valence-electron chi connectivity index (χ0n) is 14.9. The highest BCUT2D eigenvalue weighted by molar-refractivity contribution is 7.18. The van der Waals surface area contributed by atoms with E-state index in [1.165, 1.54) is 0 Å². The molecule has 2 aromatic carbocycles. The average molecular weight is 379 g/mol. The smallest absolute Gasteiger partial charge is 0.248 e. The number of hydrogen-bond donors (Lipinski definition) is 2. The van der Waals surface area contributed by atoms with E-state index >= 15 is 0 Å². The van der Waals surface area contributed by atoms with Crippen LogP contribution >= 0.6 is 11.3 Å². The van der Waals surface area contributed by atoms with Gasteiger partial charge in [0.05, 0.1) is 15.2 Å². The zero-order valence-corrected chi connectivity index (χ0v) is 15.7. The van der Waals surface area contributed by atoms with E-state index in [2.05, 4.69) is 11.4 Å². The molecule has 1 aliphatic rings. The maximum absolute atomic E-state index is 13.0. The van der Waals surface area contributed by atoms with Gasteiger partial charge in [0.1, 0.15) is 0 Å². The van der Waals surface area contributed by atoms with Gasteiger partial charge in [-0.1, -0.05) is 31.0 Å². The fourth-order valence-electron chi connectivity index (χ4n) is 3.77. The van der Waals surface area contributed by atoms with Gasteiger partial charge in [0.25, 0.3) is 0 Å². The minimum Gasteiger partial charge on any atom is -0.366 e. The molecule has 138 valence electrons. The summed E-state index contributed by atoms with van der Waals surface area (Å²) >= 11 is 1.69. The van der Waals surface area contributed by atoms with E-state index in [-0.39, 0.29) is 17.7 Å². The molecule has 0 radical (unpaired) electrons. The third-order valence-electron chi connectivity index (χ3n) is 5.14. The molecule has 0 aliphatic heterocycles. The number of nitrogens with zero attached hydrogens (tertiary/aromatic N) is 1. The second-order valence-corrected chi connectivity index (χ2v) is 8.01. The Morgan fingerprint density at radius 2 is 1.89 bits per heavy atom. The molecule has 3 aromatic rings. The molecule has 4 rings (SSSR count). The lowest BCUT2D eigenvalue weighted by atomic mass is 9.79. The Morgan fingerprint density at radius 1 is 1.07 bits per heavy atom. The monoisotopic (exact) mass is 379 g/mol. The van der Waals surface area contributed by atoms with Crippen molar-refractivity contribution in [2.75, 3.05) is 5.32 Å². The Kier molecular flexibility index (Phi) is 4.90. The van der Waals surface area contributed by atoms with Gasteiger partial charge in [-0.2, -0.15) is 0 Å². The summed E-state index contributed by atoms with van der Waals surface area (Å²) in [5.74, 6) is -0.497. The van der Waals surface area contributed by atoms with Crippen molar-refractivity contribution < 1.29 is 9.59 Å². The molecule has 0 unspecified atom stereocenters. The van der Waals surface area contributed by atoms with Gasteiger partial charge < -0.3 is 11.1 Å². The van der Waals surface area contributed by atoms with Crippen molar-refractivity contribution in [2.24, 2.45) is 11.7 Å². The lowest BCUT2D eigenvalue weighted by molar-refractivity contribution is -0.121. The zero-order chi connectivity index (χ0) is 18.8. The first-order chi connectivity index (χ1) is 13.1. The number of carbonyl (C=O) groups is 2. The molecule has 1 fully saturated rings. The van der Waals surface area contributed by atoms with Crippen molar-refractivity contribution in [3.63, 3.8) is 0 Å². The Bertz CT molecular complexity index is 965. The number of anilines is 1. The number of amides is 2. The summed E-state index contributed by atoms with van der Waals surface area (Å²) in [7, 11) is 0. The van der Waals surface area contributed by atoms with Crippen LogP contribution in [0.3, 0.4) is 0 Å². The summed E-state index contributed by atoms with van der Waals surface area (Å²) in [4.78, 5) is 29.2. The van der Waals surface area contributed by atoms with Gasteiger partial charge in [0.2, 0.25) is 11.8 Å². The third-order valence-corrected chi connectivity index (χ3v) is 6.31. The first-order valence-corrected chi connectivity index (χ1v) is 9.99. The molecule has 2 atom stereocenters. The van der Waals surface area contributed by atoms with Crippen LogP contribution in [0.25, 0.3) is 10.2 Å². The predicted octanol–water partition coefficient (Wildman–Crippen LogP) is 4.31. The largest absolute Gasteiger partial charge is 0.366 e. The van der Waals surface area contributed by atoms with Crippen LogP contribution < -0.4 is 11.1 Å². The molecular formula is C21H21N3O2S. The van der Waals surface area contributed by atoms with E-state index in [1.807, 2.05) is 18.2 Å². The van der Waals surface area contributed by atoms with E-state index in [4.69, 9.17) is 10.7 Å². The molecule has 27 heavy (non-hydrogen) atoms. The fraction of sp³-hybridized carbons (Fsp3) is 0.286. The van der Waals surface area contributed by atoms with Crippen molar-refractivity contribution in [1.29, 1.82) is 0 Å². The first-order valence-electron chi connectivity index (χ1n) is 9.18. The van der Waals surface area contributed by atoms with Crippen LogP contribution in [0.5, 0.6) is 0 Å². The number of thiazole rings is 1. The first kappa shape index (κ1) is 17.7. The second-order valence-electron chi connectivity index (χ2n) is 6.95.